The van der Waals surface area contributed by atoms with Gasteiger partial charge < -0.3 is 11.1 Å². The third kappa shape index (κ3) is 2.92. The number of nitrogens with one attached hydrogen (secondary N) is 1. The molecule has 1 amide bonds. The SMILES string of the molecule is NC(=S)C1(C(=O)Nc2cccc(Cl)c2Cl)CCCCC1. The molecule has 1 saturated carbocycles. The molecule has 1 fully saturated rings. The highest BCUT2D eigenvalue weighted by Gasteiger charge is 2.42. The Hall–Kier alpha value is -0.840. The predicted octanol–water partition coefficient (Wildman–Crippen LogP) is 4.17. The van der Waals surface area contributed by atoms with Crippen LogP contribution in [-0.4, -0.2) is 10.9 Å². The molecule has 1 aromatic rings. The van der Waals surface area contributed by atoms with Gasteiger partial charge in [0.15, 0.2) is 0 Å². The highest BCUT2D eigenvalue weighted by atomic mass is 35.5. The van der Waals surface area contributed by atoms with E-state index in [1.54, 1.807) is 18.2 Å². The Balaban J connectivity index is 2.25. The second kappa shape index (κ2) is 6.29. The second-order valence-electron chi connectivity index (χ2n) is 5.06. The van der Waals surface area contributed by atoms with Gasteiger partial charge in [-0.25, -0.2) is 0 Å². The van der Waals surface area contributed by atoms with Crippen molar-refractivity contribution in [2.45, 2.75) is 32.1 Å². The Morgan fingerprint density at radius 3 is 2.50 bits per heavy atom. The lowest BCUT2D eigenvalue weighted by molar-refractivity contribution is -0.123. The maximum Gasteiger partial charge on any atom is 0.237 e. The fraction of sp³-hybridized carbons (Fsp3) is 0.429. The number of hydrogen-bond donors (Lipinski definition) is 2. The summed E-state index contributed by atoms with van der Waals surface area (Å²) in [5.41, 5.74) is 5.56. The van der Waals surface area contributed by atoms with Crippen molar-refractivity contribution in [3.8, 4) is 0 Å². The van der Waals surface area contributed by atoms with Crippen LogP contribution in [0.25, 0.3) is 0 Å². The van der Waals surface area contributed by atoms with Crippen LogP contribution in [-0.2, 0) is 4.79 Å². The average molecular weight is 331 g/mol. The molecular weight excluding hydrogens is 315 g/mol. The first kappa shape index (κ1) is 15.5. The second-order valence-corrected chi connectivity index (χ2v) is 6.29. The van der Waals surface area contributed by atoms with Crippen LogP contribution < -0.4 is 11.1 Å². The summed E-state index contributed by atoms with van der Waals surface area (Å²) in [5, 5.41) is 3.55. The molecule has 6 heteroatoms. The van der Waals surface area contributed by atoms with Crippen molar-refractivity contribution < 1.29 is 4.79 Å². The number of nitrogens with two attached hydrogens (primary N) is 1. The van der Waals surface area contributed by atoms with Gasteiger partial charge >= 0.3 is 0 Å². The largest absolute Gasteiger partial charge is 0.392 e. The number of anilines is 1. The lowest BCUT2D eigenvalue weighted by Crippen LogP contribution is -2.47. The van der Waals surface area contributed by atoms with E-state index in [4.69, 9.17) is 41.2 Å². The Morgan fingerprint density at radius 2 is 1.90 bits per heavy atom. The van der Waals surface area contributed by atoms with Crippen LogP contribution in [0.2, 0.25) is 10.0 Å². The van der Waals surface area contributed by atoms with Crippen molar-refractivity contribution in [2.75, 3.05) is 5.32 Å². The molecule has 0 heterocycles. The smallest absolute Gasteiger partial charge is 0.237 e. The van der Waals surface area contributed by atoms with Gasteiger partial charge in [-0.3, -0.25) is 4.79 Å². The normalized spacial score (nSPS) is 17.5. The summed E-state index contributed by atoms with van der Waals surface area (Å²) < 4.78 is 0. The van der Waals surface area contributed by atoms with Crippen molar-refractivity contribution in [3.63, 3.8) is 0 Å². The highest BCUT2D eigenvalue weighted by molar-refractivity contribution is 7.80. The number of amides is 1. The molecule has 0 atom stereocenters. The van der Waals surface area contributed by atoms with Crippen LogP contribution in [0, 0.1) is 5.41 Å². The molecule has 1 aromatic carbocycles. The first-order valence-corrected chi connectivity index (χ1v) is 7.69. The molecule has 3 nitrogen and oxygen atoms in total. The zero-order chi connectivity index (χ0) is 14.8. The summed E-state index contributed by atoms with van der Waals surface area (Å²) in [4.78, 5) is 12.9. The van der Waals surface area contributed by atoms with E-state index < -0.39 is 5.41 Å². The lowest BCUT2D eigenvalue weighted by Gasteiger charge is -2.34. The topological polar surface area (TPSA) is 55.1 Å². The monoisotopic (exact) mass is 330 g/mol. The number of carbonyl (C=O) groups is 1. The molecule has 0 unspecified atom stereocenters. The van der Waals surface area contributed by atoms with Gasteiger partial charge in [-0.2, -0.15) is 0 Å². The molecule has 0 aromatic heterocycles. The quantitative estimate of drug-likeness (QED) is 0.818. The molecule has 0 radical (unpaired) electrons. The Bertz CT molecular complexity index is 542. The summed E-state index contributed by atoms with van der Waals surface area (Å²) in [7, 11) is 0. The molecule has 1 aliphatic rings. The van der Waals surface area contributed by atoms with Gasteiger partial charge in [-0.1, -0.05) is 60.7 Å². The summed E-state index contributed by atoms with van der Waals surface area (Å²) >= 11 is 17.2. The maximum atomic E-state index is 12.6. The minimum absolute atomic E-state index is 0.186. The van der Waals surface area contributed by atoms with E-state index in [-0.39, 0.29) is 10.9 Å². The van der Waals surface area contributed by atoms with Crippen molar-refractivity contribution in [2.24, 2.45) is 11.1 Å². The third-order valence-corrected chi connectivity index (χ3v) is 5.02. The van der Waals surface area contributed by atoms with E-state index in [1.807, 2.05) is 0 Å². The fourth-order valence-corrected chi connectivity index (χ4v) is 3.23. The zero-order valence-electron chi connectivity index (χ0n) is 10.9. The van der Waals surface area contributed by atoms with Crippen molar-refractivity contribution in [1.82, 2.24) is 0 Å². The van der Waals surface area contributed by atoms with E-state index in [0.717, 1.165) is 19.3 Å². The Morgan fingerprint density at radius 1 is 1.25 bits per heavy atom. The molecule has 0 bridgehead atoms. The van der Waals surface area contributed by atoms with Crippen LogP contribution in [0.5, 0.6) is 0 Å². The maximum absolute atomic E-state index is 12.6. The average Bonchev–Trinajstić information content (AvgIpc) is 2.44. The standard InChI is InChI=1S/C14H16Cl2N2OS/c15-9-5-4-6-10(11(9)16)18-13(19)14(12(17)20)7-2-1-3-8-14/h4-6H,1-3,7-8H2,(H2,17,20)(H,18,19). The first-order valence-electron chi connectivity index (χ1n) is 6.53. The van der Waals surface area contributed by atoms with E-state index in [2.05, 4.69) is 5.32 Å². The summed E-state index contributed by atoms with van der Waals surface area (Å²) in [5.74, 6) is -0.186. The number of rotatable bonds is 3. The van der Waals surface area contributed by atoms with Gasteiger partial charge in [0.25, 0.3) is 0 Å². The molecular formula is C14H16Cl2N2OS. The Labute approximate surface area is 133 Å². The highest BCUT2D eigenvalue weighted by Crippen LogP contribution is 2.39. The van der Waals surface area contributed by atoms with Crippen LogP contribution in [0.1, 0.15) is 32.1 Å². The van der Waals surface area contributed by atoms with Gasteiger partial charge in [0.2, 0.25) is 5.91 Å². The van der Waals surface area contributed by atoms with Gasteiger partial charge in [-0.05, 0) is 25.0 Å². The van der Waals surface area contributed by atoms with Crippen LogP contribution in [0.3, 0.4) is 0 Å². The minimum atomic E-state index is -0.765. The molecule has 20 heavy (non-hydrogen) atoms. The molecule has 2 rings (SSSR count). The number of hydrogen-bond acceptors (Lipinski definition) is 2. The van der Waals surface area contributed by atoms with Crippen molar-refractivity contribution >= 4 is 52.0 Å². The molecule has 1 aliphatic carbocycles. The predicted molar refractivity (Wildman–Crippen MR) is 87.4 cm³/mol. The van der Waals surface area contributed by atoms with Gasteiger partial charge in [0, 0.05) is 0 Å². The summed E-state index contributed by atoms with van der Waals surface area (Å²) in [6.45, 7) is 0. The number of benzene rings is 1. The van der Waals surface area contributed by atoms with Crippen molar-refractivity contribution in [3.05, 3.63) is 28.2 Å². The number of halogens is 2. The van der Waals surface area contributed by atoms with Crippen LogP contribution in [0.4, 0.5) is 5.69 Å². The molecule has 0 saturated heterocycles. The molecule has 3 N–H and O–H groups in total. The van der Waals surface area contributed by atoms with E-state index in [0.29, 0.717) is 28.6 Å². The van der Waals surface area contributed by atoms with E-state index in [1.165, 1.54) is 0 Å². The molecule has 0 spiro atoms. The van der Waals surface area contributed by atoms with Gasteiger partial charge in [0.1, 0.15) is 0 Å². The minimum Gasteiger partial charge on any atom is -0.392 e. The van der Waals surface area contributed by atoms with Crippen LogP contribution in [0.15, 0.2) is 18.2 Å². The third-order valence-electron chi connectivity index (χ3n) is 3.81. The van der Waals surface area contributed by atoms with Crippen molar-refractivity contribution in [1.29, 1.82) is 0 Å². The number of carbonyl (C=O) groups excluding carboxylic acids is 1. The van der Waals surface area contributed by atoms with E-state index in [9.17, 15) is 4.79 Å². The molecule has 108 valence electrons. The number of thiocarbonyl (C=S) groups is 1. The van der Waals surface area contributed by atoms with Gasteiger partial charge in [0.05, 0.1) is 26.1 Å². The molecule has 0 aliphatic heterocycles. The summed E-state index contributed by atoms with van der Waals surface area (Å²) in [6.07, 6.45) is 4.39. The zero-order valence-corrected chi connectivity index (χ0v) is 13.2. The van der Waals surface area contributed by atoms with Gasteiger partial charge in [-0.15, -0.1) is 0 Å². The van der Waals surface area contributed by atoms with Crippen LogP contribution >= 0.6 is 35.4 Å². The first-order chi connectivity index (χ1) is 9.47. The lowest BCUT2D eigenvalue weighted by atomic mass is 9.73. The summed E-state index contributed by atoms with van der Waals surface area (Å²) in [6, 6.07) is 5.11. The Kier molecular flexibility index (Phi) is 4.89. The van der Waals surface area contributed by atoms with E-state index >= 15 is 0 Å². The fourth-order valence-electron chi connectivity index (χ4n) is 2.58.